The maximum absolute atomic E-state index is 12.8. The van der Waals surface area contributed by atoms with E-state index in [4.69, 9.17) is 14.2 Å². The van der Waals surface area contributed by atoms with E-state index in [-0.39, 0.29) is 17.2 Å². The number of hydrogen-bond donors (Lipinski definition) is 0. The summed E-state index contributed by atoms with van der Waals surface area (Å²) in [5, 5.41) is 0. The number of carbonyl (C=O) groups excluding carboxylic acids is 1. The van der Waals surface area contributed by atoms with Crippen LogP contribution in [0.4, 0.5) is 5.69 Å². The first-order chi connectivity index (χ1) is 16.7. The summed E-state index contributed by atoms with van der Waals surface area (Å²) in [7, 11) is 4.19. The van der Waals surface area contributed by atoms with E-state index in [0.717, 1.165) is 11.1 Å². The highest BCUT2D eigenvalue weighted by Crippen LogP contribution is 2.38. The number of methoxy groups -OCH3 is 3. The van der Waals surface area contributed by atoms with Gasteiger partial charge in [-0.15, -0.1) is 0 Å². The molecule has 0 aliphatic heterocycles. The second-order valence-electron chi connectivity index (χ2n) is 7.91. The monoisotopic (exact) mass is 498 g/mol. The molecule has 3 rings (SSSR count). The Balaban J connectivity index is 1.68. The number of sulfonamides is 1. The van der Waals surface area contributed by atoms with Crippen molar-refractivity contribution >= 4 is 21.6 Å². The molecule has 0 aliphatic carbocycles. The molecule has 0 heterocycles. The Hall–Kier alpha value is -3.72. The number of benzene rings is 3. The van der Waals surface area contributed by atoms with Crippen LogP contribution in [-0.2, 0) is 27.8 Å². The van der Waals surface area contributed by atoms with Crippen molar-refractivity contribution in [2.45, 2.75) is 17.9 Å². The van der Waals surface area contributed by atoms with Crippen molar-refractivity contribution in [3.8, 4) is 17.2 Å². The minimum atomic E-state index is -3.66. The van der Waals surface area contributed by atoms with E-state index in [1.807, 2.05) is 12.1 Å². The molecule has 8 nitrogen and oxygen atoms in total. The van der Waals surface area contributed by atoms with Gasteiger partial charge in [-0.1, -0.05) is 30.3 Å². The molecule has 3 aromatic rings. The first-order valence-corrected chi connectivity index (χ1v) is 12.3. The summed E-state index contributed by atoms with van der Waals surface area (Å²) >= 11 is 0. The van der Waals surface area contributed by atoms with Crippen molar-refractivity contribution in [3.05, 3.63) is 77.9 Å². The molecule has 0 spiro atoms. The number of rotatable bonds is 10. The zero-order valence-electron chi connectivity index (χ0n) is 20.5. The second kappa shape index (κ2) is 11.1. The average molecular weight is 499 g/mol. The molecule has 0 saturated heterocycles. The lowest BCUT2D eigenvalue weighted by Crippen LogP contribution is -2.28. The Labute approximate surface area is 206 Å². The third-order valence-electron chi connectivity index (χ3n) is 5.63. The van der Waals surface area contributed by atoms with E-state index in [1.54, 1.807) is 80.8 Å². The number of nitrogens with zero attached hydrogens (tertiary/aromatic N) is 2. The van der Waals surface area contributed by atoms with Crippen molar-refractivity contribution in [2.24, 2.45) is 0 Å². The summed E-state index contributed by atoms with van der Waals surface area (Å²) in [6, 6.07) is 18.8. The molecule has 0 aromatic heterocycles. The van der Waals surface area contributed by atoms with Crippen molar-refractivity contribution in [1.29, 1.82) is 0 Å². The van der Waals surface area contributed by atoms with Crippen LogP contribution >= 0.6 is 0 Å². The standard InChI is InChI=1S/C26H30N2O6S/c1-27(18-20-15-23(32-3)26(34-5)24(16-20)33-4)25(29)17-19-11-13-21(14-12-19)28(2)35(30,31)22-9-7-6-8-10-22/h6-16H,17-18H2,1-5H3. The zero-order valence-corrected chi connectivity index (χ0v) is 21.3. The van der Waals surface area contributed by atoms with Crippen LogP contribution in [0.3, 0.4) is 0 Å². The lowest BCUT2D eigenvalue weighted by molar-refractivity contribution is -0.129. The Morgan fingerprint density at radius 2 is 1.37 bits per heavy atom. The second-order valence-corrected chi connectivity index (χ2v) is 9.88. The maximum atomic E-state index is 12.8. The Morgan fingerprint density at radius 1 is 0.800 bits per heavy atom. The SMILES string of the molecule is COc1cc(CN(C)C(=O)Cc2ccc(N(C)S(=O)(=O)c3ccccc3)cc2)cc(OC)c1OC. The van der Waals surface area contributed by atoms with Crippen LogP contribution in [0.25, 0.3) is 0 Å². The number of ether oxygens (including phenoxy) is 3. The minimum absolute atomic E-state index is 0.0863. The van der Waals surface area contributed by atoms with Crippen molar-refractivity contribution in [2.75, 3.05) is 39.7 Å². The fourth-order valence-electron chi connectivity index (χ4n) is 3.61. The van der Waals surface area contributed by atoms with Gasteiger partial charge in [0.25, 0.3) is 10.0 Å². The highest BCUT2D eigenvalue weighted by Gasteiger charge is 2.21. The van der Waals surface area contributed by atoms with Gasteiger partial charge in [-0.2, -0.15) is 0 Å². The van der Waals surface area contributed by atoms with Crippen molar-refractivity contribution in [3.63, 3.8) is 0 Å². The van der Waals surface area contributed by atoms with Crippen LogP contribution in [0.2, 0.25) is 0 Å². The molecule has 0 atom stereocenters. The Bertz CT molecular complexity index is 1240. The van der Waals surface area contributed by atoms with Gasteiger partial charge in [0.2, 0.25) is 11.7 Å². The van der Waals surface area contributed by atoms with Gasteiger partial charge in [-0.05, 0) is 47.5 Å². The molecule has 0 aliphatic rings. The molecule has 0 unspecified atom stereocenters. The number of likely N-dealkylation sites (N-methyl/N-ethyl adjacent to an activating group) is 1. The van der Waals surface area contributed by atoms with Gasteiger partial charge in [-0.25, -0.2) is 8.42 Å². The van der Waals surface area contributed by atoms with Gasteiger partial charge >= 0.3 is 0 Å². The van der Waals surface area contributed by atoms with E-state index in [0.29, 0.717) is 29.5 Å². The number of amides is 1. The van der Waals surface area contributed by atoms with Gasteiger partial charge in [0, 0.05) is 20.6 Å². The molecule has 9 heteroatoms. The molecule has 0 fully saturated rings. The van der Waals surface area contributed by atoms with Gasteiger partial charge in [0.1, 0.15) is 0 Å². The largest absolute Gasteiger partial charge is 0.493 e. The van der Waals surface area contributed by atoms with E-state index < -0.39 is 10.0 Å². The predicted octanol–water partition coefficient (Wildman–Crippen LogP) is 3.74. The topological polar surface area (TPSA) is 85.4 Å². The van der Waals surface area contributed by atoms with E-state index >= 15 is 0 Å². The summed E-state index contributed by atoms with van der Waals surface area (Å²) in [6.07, 6.45) is 0.177. The molecule has 0 bridgehead atoms. The molecule has 35 heavy (non-hydrogen) atoms. The minimum Gasteiger partial charge on any atom is -0.493 e. The van der Waals surface area contributed by atoms with Crippen LogP contribution in [0, 0.1) is 0 Å². The summed E-state index contributed by atoms with van der Waals surface area (Å²) in [4.78, 5) is 14.7. The van der Waals surface area contributed by atoms with Crippen LogP contribution < -0.4 is 18.5 Å². The summed E-state index contributed by atoms with van der Waals surface area (Å²) in [6.45, 7) is 0.353. The average Bonchev–Trinajstić information content (AvgIpc) is 2.88. The third-order valence-corrected chi connectivity index (χ3v) is 7.43. The molecule has 0 saturated carbocycles. The molecule has 186 valence electrons. The summed E-state index contributed by atoms with van der Waals surface area (Å²) < 4.78 is 43.0. The normalized spacial score (nSPS) is 11.0. The van der Waals surface area contributed by atoms with Crippen molar-refractivity contribution < 1.29 is 27.4 Å². The zero-order chi connectivity index (χ0) is 25.6. The van der Waals surface area contributed by atoms with E-state index in [9.17, 15) is 13.2 Å². The molecule has 0 N–H and O–H groups in total. The van der Waals surface area contributed by atoms with E-state index in [2.05, 4.69) is 0 Å². The van der Waals surface area contributed by atoms with Gasteiger partial charge in [-0.3, -0.25) is 9.10 Å². The van der Waals surface area contributed by atoms with Crippen molar-refractivity contribution in [1.82, 2.24) is 4.90 Å². The quantitative estimate of drug-likeness (QED) is 0.423. The lowest BCUT2D eigenvalue weighted by atomic mass is 10.1. The van der Waals surface area contributed by atoms with Crippen LogP contribution in [0.5, 0.6) is 17.2 Å². The first kappa shape index (κ1) is 25.9. The van der Waals surface area contributed by atoms with E-state index in [1.165, 1.54) is 18.5 Å². The number of carbonyl (C=O) groups is 1. The lowest BCUT2D eigenvalue weighted by Gasteiger charge is -2.21. The molecular formula is C26H30N2O6S. The molecule has 3 aromatic carbocycles. The summed E-state index contributed by atoms with van der Waals surface area (Å²) in [5.74, 6) is 1.45. The first-order valence-electron chi connectivity index (χ1n) is 10.9. The fourth-order valence-corrected chi connectivity index (χ4v) is 4.83. The maximum Gasteiger partial charge on any atom is 0.264 e. The Kier molecular flexibility index (Phi) is 8.24. The predicted molar refractivity (Wildman–Crippen MR) is 135 cm³/mol. The highest BCUT2D eigenvalue weighted by atomic mass is 32.2. The molecule has 1 amide bonds. The van der Waals surface area contributed by atoms with Crippen LogP contribution in [0.1, 0.15) is 11.1 Å². The molecular weight excluding hydrogens is 468 g/mol. The molecule has 0 radical (unpaired) electrons. The highest BCUT2D eigenvalue weighted by molar-refractivity contribution is 7.92. The number of anilines is 1. The Morgan fingerprint density at radius 3 is 1.89 bits per heavy atom. The van der Waals surface area contributed by atoms with Crippen LogP contribution in [0.15, 0.2) is 71.6 Å². The van der Waals surface area contributed by atoms with Gasteiger partial charge in [0.05, 0.1) is 38.3 Å². The summed E-state index contributed by atoms with van der Waals surface area (Å²) in [5.41, 5.74) is 2.12. The van der Waals surface area contributed by atoms with Crippen LogP contribution in [-0.4, -0.2) is 54.6 Å². The smallest absolute Gasteiger partial charge is 0.264 e. The van der Waals surface area contributed by atoms with Gasteiger partial charge in [0.15, 0.2) is 11.5 Å². The fraction of sp³-hybridized carbons (Fsp3) is 0.269. The van der Waals surface area contributed by atoms with Gasteiger partial charge < -0.3 is 19.1 Å². The third kappa shape index (κ3) is 5.86. The number of hydrogen-bond acceptors (Lipinski definition) is 6.